The number of aromatic hydroxyl groups is 2. The molecule has 0 aliphatic rings. The summed E-state index contributed by atoms with van der Waals surface area (Å²) in [6.45, 7) is 0. The number of aromatic amines is 1. The number of hydrogen-bond donors (Lipinski definition) is 4. The third-order valence-electron chi connectivity index (χ3n) is 3.67. The van der Waals surface area contributed by atoms with Crippen molar-refractivity contribution in [1.82, 2.24) is 14.7 Å². The van der Waals surface area contributed by atoms with Gasteiger partial charge in [0.05, 0.1) is 6.07 Å². The smallest absolute Gasteiger partial charge is 0.371 e. The Morgan fingerprint density at radius 2 is 1.83 bits per heavy atom. The molecule has 29 heavy (non-hydrogen) atoms. The van der Waals surface area contributed by atoms with Crippen molar-refractivity contribution in [2.75, 3.05) is 5.32 Å². The third kappa shape index (κ3) is 4.22. The SMILES string of the molecule is N#CCC(=O)Nc1ccc(-c2ncc(C(=O)On3c(O)ccc3O)c(=O)[nH]2)cc1. The molecule has 0 aliphatic carbocycles. The van der Waals surface area contributed by atoms with Gasteiger partial charge in [-0.15, -0.1) is 4.73 Å². The fraction of sp³-hybridized carbons (Fsp3) is 0.0556. The number of aromatic nitrogens is 3. The van der Waals surface area contributed by atoms with E-state index < -0.39 is 34.8 Å². The number of benzene rings is 1. The molecule has 0 saturated carbocycles. The molecule has 0 spiro atoms. The van der Waals surface area contributed by atoms with Gasteiger partial charge in [-0.25, -0.2) is 9.78 Å². The van der Waals surface area contributed by atoms with E-state index in [1.54, 1.807) is 30.3 Å². The number of nitrogens with zero attached hydrogens (tertiary/aromatic N) is 3. The lowest BCUT2D eigenvalue weighted by Crippen LogP contribution is -2.27. The molecule has 2 aromatic heterocycles. The van der Waals surface area contributed by atoms with Crippen LogP contribution in [-0.4, -0.2) is 36.8 Å². The van der Waals surface area contributed by atoms with Gasteiger partial charge in [0.25, 0.3) is 5.56 Å². The number of carbonyl (C=O) groups excluding carboxylic acids is 2. The maximum absolute atomic E-state index is 12.2. The molecule has 1 amide bonds. The minimum absolute atomic E-state index is 0.160. The number of nitriles is 1. The lowest BCUT2D eigenvalue weighted by Gasteiger charge is -2.07. The first kappa shape index (κ1) is 19.2. The van der Waals surface area contributed by atoms with Crippen LogP contribution in [0.25, 0.3) is 11.4 Å². The largest absolute Gasteiger partial charge is 0.492 e. The minimum atomic E-state index is -1.14. The zero-order valence-corrected chi connectivity index (χ0v) is 14.6. The number of rotatable bonds is 5. The molecule has 11 heteroatoms. The van der Waals surface area contributed by atoms with Gasteiger partial charge in [-0.3, -0.25) is 9.59 Å². The minimum Gasteiger partial charge on any atom is -0.492 e. The van der Waals surface area contributed by atoms with Gasteiger partial charge in [0.15, 0.2) is 0 Å². The second-order valence-electron chi connectivity index (χ2n) is 5.66. The van der Waals surface area contributed by atoms with Crippen LogP contribution in [0.1, 0.15) is 16.8 Å². The van der Waals surface area contributed by atoms with E-state index in [1.807, 2.05) is 0 Å². The zero-order chi connectivity index (χ0) is 21.0. The summed E-state index contributed by atoms with van der Waals surface area (Å²) in [5.41, 5.74) is -0.275. The Kier molecular flexibility index (Phi) is 5.27. The molecule has 1 aromatic carbocycles. The Labute approximate surface area is 162 Å². The van der Waals surface area contributed by atoms with Gasteiger partial charge in [0, 0.05) is 29.6 Å². The number of H-pyrrole nitrogens is 1. The van der Waals surface area contributed by atoms with Crippen LogP contribution >= 0.6 is 0 Å². The van der Waals surface area contributed by atoms with Crippen LogP contribution in [-0.2, 0) is 4.79 Å². The van der Waals surface area contributed by atoms with E-state index in [1.165, 1.54) is 0 Å². The molecule has 0 saturated heterocycles. The highest BCUT2D eigenvalue weighted by molar-refractivity contribution is 5.92. The van der Waals surface area contributed by atoms with Crippen molar-refractivity contribution in [3.05, 3.63) is 58.5 Å². The molecule has 2 heterocycles. The molecule has 0 bridgehead atoms. The summed E-state index contributed by atoms with van der Waals surface area (Å²) in [4.78, 5) is 46.9. The van der Waals surface area contributed by atoms with Crippen LogP contribution in [0.4, 0.5) is 5.69 Å². The van der Waals surface area contributed by atoms with Crippen molar-refractivity contribution in [3.63, 3.8) is 0 Å². The standard InChI is InChI=1S/C18H13N5O6/c19-8-7-13(24)21-11-3-1-10(2-4-11)16-20-9-12(17(27)22-16)18(28)29-23-14(25)5-6-15(23)26/h1-6,9,25-26H,7H2,(H,21,24)(H,20,22,27). The van der Waals surface area contributed by atoms with Crippen molar-refractivity contribution in [2.24, 2.45) is 0 Å². The van der Waals surface area contributed by atoms with Crippen molar-refractivity contribution in [1.29, 1.82) is 5.26 Å². The predicted molar refractivity (Wildman–Crippen MR) is 97.8 cm³/mol. The molecule has 0 unspecified atom stereocenters. The molecule has 0 atom stereocenters. The zero-order valence-electron chi connectivity index (χ0n) is 14.6. The van der Waals surface area contributed by atoms with Crippen molar-refractivity contribution >= 4 is 17.6 Å². The maximum Gasteiger partial charge on any atom is 0.371 e. The number of anilines is 1. The number of nitrogens with one attached hydrogen (secondary N) is 2. The Morgan fingerprint density at radius 3 is 2.41 bits per heavy atom. The second kappa shape index (κ2) is 7.97. The molecular weight excluding hydrogens is 382 g/mol. The summed E-state index contributed by atoms with van der Waals surface area (Å²) in [5.74, 6) is -2.48. The molecule has 4 N–H and O–H groups in total. The van der Waals surface area contributed by atoms with Crippen LogP contribution in [0.5, 0.6) is 11.8 Å². The summed E-state index contributed by atoms with van der Waals surface area (Å²) < 4.78 is 0.453. The highest BCUT2D eigenvalue weighted by atomic mass is 16.7. The molecular formula is C18H13N5O6. The maximum atomic E-state index is 12.2. The van der Waals surface area contributed by atoms with Crippen LogP contribution in [0.2, 0.25) is 0 Å². The number of carbonyl (C=O) groups is 2. The van der Waals surface area contributed by atoms with Gasteiger partial charge in [-0.1, -0.05) is 0 Å². The average molecular weight is 395 g/mol. The highest BCUT2D eigenvalue weighted by Crippen LogP contribution is 2.20. The molecule has 0 fully saturated rings. The van der Waals surface area contributed by atoms with E-state index in [9.17, 15) is 24.6 Å². The monoisotopic (exact) mass is 395 g/mol. The number of amides is 1. The summed E-state index contributed by atoms with van der Waals surface area (Å²) in [5, 5.41) is 30.0. The van der Waals surface area contributed by atoms with Gasteiger partial charge in [0.2, 0.25) is 17.7 Å². The van der Waals surface area contributed by atoms with E-state index in [0.717, 1.165) is 18.3 Å². The molecule has 3 rings (SSSR count). The van der Waals surface area contributed by atoms with Crippen molar-refractivity contribution < 1.29 is 24.6 Å². The van der Waals surface area contributed by atoms with Crippen LogP contribution in [0.15, 0.2) is 47.4 Å². The molecule has 11 nitrogen and oxygen atoms in total. The first-order valence-corrected chi connectivity index (χ1v) is 8.08. The van der Waals surface area contributed by atoms with Gasteiger partial charge >= 0.3 is 5.97 Å². The normalized spacial score (nSPS) is 10.2. The van der Waals surface area contributed by atoms with Gasteiger partial charge < -0.3 is 25.4 Å². The van der Waals surface area contributed by atoms with E-state index in [-0.39, 0.29) is 12.2 Å². The Morgan fingerprint density at radius 1 is 1.17 bits per heavy atom. The fourth-order valence-corrected chi connectivity index (χ4v) is 2.30. The first-order valence-electron chi connectivity index (χ1n) is 8.08. The number of hydrogen-bond acceptors (Lipinski definition) is 8. The molecule has 0 radical (unpaired) electrons. The van der Waals surface area contributed by atoms with Gasteiger partial charge in [-0.2, -0.15) is 5.26 Å². The van der Waals surface area contributed by atoms with Crippen LogP contribution in [0, 0.1) is 11.3 Å². The third-order valence-corrected chi connectivity index (χ3v) is 3.67. The summed E-state index contributed by atoms with van der Waals surface area (Å²) >= 11 is 0. The highest BCUT2D eigenvalue weighted by Gasteiger charge is 2.18. The molecule has 0 aliphatic heterocycles. The molecule has 146 valence electrons. The van der Waals surface area contributed by atoms with E-state index in [4.69, 9.17) is 10.1 Å². The second-order valence-corrected chi connectivity index (χ2v) is 5.66. The summed E-state index contributed by atoms with van der Waals surface area (Å²) in [6.07, 6.45) is 0.726. The van der Waals surface area contributed by atoms with Crippen molar-refractivity contribution in [2.45, 2.75) is 6.42 Å². The quantitative estimate of drug-likeness (QED) is 0.491. The topological polar surface area (TPSA) is 170 Å². The van der Waals surface area contributed by atoms with Gasteiger partial charge in [0.1, 0.15) is 17.8 Å². The average Bonchev–Trinajstić information content (AvgIpc) is 3.00. The lowest BCUT2D eigenvalue weighted by molar-refractivity contribution is -0.115. The predicted octanol–water partition coefficient (Wildman–Crippen LogP) is 0.771. The summed E-state index contributed by atoms with van der Waals surface area (Å²) in [7, 11) is 0. The van der Waals surface area contributed by atoms with Crippen LogP contribution < -0.4 is 15.7 Å². The Balaban J connectivity index is 1.77. The summed E-state index contributed by atoms with van der Waals surface area (Å²) in [6, 6.07) is 10.2. The van der Waals surface area contributed by atoms with Gasteiger partial charge in [-0.05, 0) is 24.3 Å². The molecule has 3 aromatic rings. The van der Waals surface area contributed by atoms with Crippen molar-refractivity contribution in [3.8, 4) is 29.2 Å². The van der Waals surface area contributed by atoms with E-state index >= 15 is 0 Å². The van der Waals surface area contributed by atoms with Crippen LogP contribution in [0.3, 0.4) is 0 Å². The van der Waals surface area contributed by atoms with E-state index in [0.29, 0.717) is 16.0 Å². The first-order chi connectivity index (χ1) is 13.9. The Bertz CT molecular complexity index is 1150. The van der Waals surface area contributed by atoms with E-state index in [2.05, 4.69) is 15.3 Å². The fourth-order valence-electron chi connectivity index (χ4n) is 2.30. The lowest BCUT2D eigenvalue weighted by atomic mass is 10.2. The Hall–Kier alpha value is -4.59.